The molecule has 3 aliphatic rings. The largest absolute Gasteiger partial charge is 0.381 e. The van der Waals surface area contributed by atoms with Crippen LogP contribution in [0.2, 0.25) is 5.02 Å². The number of amides is 1. The van der Waals surface area contributed by atoms with Gasteiger partial charge in [0.2, 0.25) is 15.9 Å². The van der Waals surface area contributed by atoms with Gasteiger partial charge in [-0.3, -0.25) is 4.79 Å². The van der Waals surface area contributed by atoms with Gasteiger partial charge in [0.1, 0.15) is 5.82 Å². The van der Waals surface area contributed by atoms with E-state index in [4.69, 9.17) is 16.3 Å². The minimum atomic E-state index is -3.35. The normalized spacial score (nSPS) is 25.9. The zero-order chi connectivity index (χ0) is 28.1. The van der Waals surface area contributed by atoms with Crippen molar-refractivity contribution in [2.45, 2.75) is 56.9 Å². The Hall–Kier alpha value is -2.04. The number of carbonyl (C=O) groups excluding carboxylic acids is 1. The second-order valence-electron chi connectivity index (χ2n) is 11.4. The van der Waals surface area contributed by atoms with Crippen molar-refractivity contribution in [2.24, 2.45) is 11.8 Å². The van der Waals surface area contributed by atoms with Crippen LogP contribution >= 0.6 is 11.6 Å². The van der Waals surface area contributed by atoms with Gasteiger partial charge in [-0.25, -0.2) is 12.8 Å². The maximum Gasteiger partial charge on any atom is 0.225 e. The fourth-order valence-corrected chi connectivity index (χ4v) is 8.47. The fraction of sp³-hybridized carbons (Fsp3) is 0.567. The molecule has 1 unspecified atom stereocenters. The average Bonchev–Trinajstić information content (AvgIpc) is 3.24. The number of halogens is 2. The van der Waals surface area contributed by atoms with Crippen LogP contribution in [0, 0.1) is 17.7 Å². The molecule has 0 saturated carbocycles. The Morgan fingerprint density at radius 2 is 1.90 bits per heavy atom. The van der Waals surface area contributed by atoms with Crippen LogP contribution in [0.25, 0.3) is 0 Å². The number of anilines is 1. The Morgan fingerprint density at radius 3 is 2.67 bits per heavy atom. The summed E-state index contributed by atoms with van der Waals surface area (Å²) in [5.41, 5.74) is 1.92. The predicted octanol–water partition coefficient (Wildman–Crippen LogP) is 4.96. The zero-order valence-corrected chi connectivity index (χ0v) is 24.4. The molecule has 2 aromatic rings. The summed E-state index contributed by atoms with van der Waals surface area (Å²) >= 11 is 6.12. The summed E-state index contributed by atoms with van der Waals surface area (Å²) in [4.78, 5) is 13.4. The number of fused-ring (bicyclic) bond motifs is 2. The van der Waals surface area contributed by atoms with Crippen molar-refractivity contribution >= 4 is 33.2 Å². The van der Waals surface area contributed by atoms with Gasteiger partial charge in [0, 0.05) is 55.0 Å². The minimum Gasteiger partial charge on any atom is -0.381 e. The van der Waals surface area contributed by atoms with Crippen LogP contribution in [0.5, 0.6) is 0 Å². The van der Waals surface area contributed by atoms with E-state index in [9.17, 15) is 13.2 Å². The Labute approximate surface area is 241 Å². The van der Waals surface area contributed by atoms with Crippen LogP contribution in [0.3, 0.4) is 0 Å². The highest BCUT2D eigenvalue weighted by Gasteiger charge is 2.36. The number of carbonyl (C=O) groups is 1. The lowest BCUT2D eigenvalue weighted by Crippen LogP contribution is -2.44. The molecule has 4 atom stereocenters. The molecule has 0 spiro atoms. The van der Waals surface area contributed by atoms with Gasteiger partial charge in [0.25, 0.3) is 0 Å². The lowest BCUT2D eigenvalue weighted by molar-refractivity contribution is -0.117. The summed E-state index contributed by atoms with van der Waals surface area (Å²) in [6.07, 6.45) is 4.38. The summed E-state index contributed by atoms with van der Waals surface area (Å²) in [5, 5.41) is 7.05. The van der Waals surface area contributed by atoms with Gasteiger partial charge in [0.15, 0.2) is 0 Å². The van der Waals surface area contributed by atoms with Crippen molar-refractivity contribution in [3.63, 3.8) is 0 Å². The van der Waals surface area contributed by atoms with E-state index < -0.39 is 15.8 Å². The van der Waals surface area contributed by atoms with Crippen LogP contribution in [0.4, 0.5) is 10.1 Å². The predicted molar refractivity (Wildman–Crippen MR) is 156 cm³/mol. The van der Waals surface area contributed by atoms with Crippen molar-refractivity contribution in [3.05, 3.63) is 64.4 Å². The zero-order valence-electron chi connectivity index (χ0n) is 22.8. The van der Waals surface area contributed by atoms with Gasteiger partial charge < -0.3 is 15.4 Å². The fourth-order valence-electron chi connectivity index (χ4n) is 6.50. The highest BCUT2D eigenvalue weighted by Crippen LogP contribution is 2.36. The molecule has 0 radical (unpaired) electrons. The first kappa shape index (κ1) is 29.5. The molecule has 5 rings (SSSR count). The summed E-state index contributed by atoms with van der Waals surface area (Å²) in [7, 11) is -3.35. The summed E-state index contributed by atoms with van der Waals surface area (Å²) < 4.78 is 48.3. The van der Waals surface area contributed by atoms with E-state index >= 15 is 4.39 Å². The summed E-state index contributed by atoms with van der Waals surface area (Å²) in [6, 6.07) is 12.1. The van der Waals surface area contributed by atoms with Crippen molar-refractivity contribution in [2.75, 3.05) is 43.9 Å². The Balaban J connectivity index is 1.30. The number of nitrogens with one attached hydrogen (secondary N) is 2. The van der Waals surface area contributed by atoms with Gasteiger partial charge in [-0.15, -0.1) is 0 Å². The molecule has 3 fully saturated rings. The second-order valence-corrected chi connectivity index (χ2v) is 13.8. The van der Waals surface area contributed by atoms with Crippen LogP contribution in [-0.2, 0) is 26.0 Å². The second kappa shape index (κ2) is 13.3. The molecule has 0 aliphatic carbocycles. The summed E-state index contributed by atoms with van der Waals surface area (Å²) in [5.74, 6) is 0.200. The molecule has 2 aromatic carbocycles. The summed E-state index contributed by atoms with van der Waals surface area (Å²) in [6.45, 7) is 3.20. The lowest BCUT2D eigenvalue weighted by Gasteiger charge is -2.30. The van der Waals surface area contributed by atoms with Crippen molar-refractivity contribution in [1.82, 2.24) is 9.62 Å². The maximum absolute atomic E-state index is 15.1. The molecule has 0 aromatic heterocycles. The molecule has 1 amide bonds. The van der Waals surface area contributed by atoms with Crippen LogP contribution in [0.1, 0.15) is 55.6 Å². The first-order chi connectivity index (χ1) is 19.3. The minimum absolute atomic E-state index is 0.00331. The molecule has 10 heteroatoms. The van der Waals surface area contributed by atoms with Crippen molar-refractivity contribution in [3.8, 4) is 0 Å². The third kappa shape index (κ3) is 7.23. The molecule has 218 valence electrons. The quantitative estimate of drug-likeness (QED) is 0.453. The molecule has 3 saturated heterocycles. The van der Waals surface area contributed by atoms with Crippen LogP contribution < -0.4 is 10.6 Å². The SMILES string of the molecule is O=C(C[C@@H](c1ccc(Cl)cc1)C1CCOCC1)Nc1cccc(F)c1CC[C@H]1CNC[C@@H]2CCCS(=O)(=O)N1C2. The molecule has 3 aliphatic heterocycles. The number of benzene rings is 2. The monoisotopic (exact) mass is 591 g/mol. The topological polar surface area (TPSA) is 87.7 Å². The third-order valence-corrected chi connectivity index (χ3v) is 10.9. The lowest BCUT2D eigenvalue weighted by atomic mass is 9.79. The smallest absolute Gasteiger partial charge is 0.225 e. The highest BCUT2D eigenvalue weighted by molar-refractivity contribution is 7.89. The van der Waals surface area contributed by atoms with Gasteiger partial charge in [-0.1, -0.05) is 29.8 Å². The Bertz CT molecular complexity index is 1270. The highest BCUT2D eigenvalue weighted by atomic mass is 35.5. The average molecular weight is 592 g/mol. The van der Waals surface area contributed by atoms with Crippen LogP contribution in [-0.4, -0.2) is 63.3 Å². The standard InChI is InChI=1S/C30H39ClFN3O4S/c31-24-8-6-22(7-9-24)27(23-12-14-39-15-13-23)17-30(36)34-29-5-1-4-28(32)26(29)11-10-25-19-33-18-21-3-2-16-40(37,38)35(25)20-21/h1,4-9,21,23,25,27,33H,2-3,10-20H2,(H,34,36)/t21-,25-,27-/m0/s1. The number of rotatable bonds is 8. The van der Waals surface area contributed by atoms with Gasteiger partial charge >= 0.3 is 0 Å². The molecule has 2 N–H and O–H groups in total. The number of hydrogen-bond donors (Lipinski definition) is 2. The van der Waals surface area contributed by atoms with E-state index in [0.717, 1.165) is 31.4 Å². The number of nitrogens with zero attached hydrogens (tertiary/aromatic N) is 1. The molecule has 7 nitrogen and oxygen atoms in total. The Morgan fingerprint density at radius 1 is 1.12 bits per heavy atom. The van der Waals surface area contributed by atoms with Crippen molar-refractivity contribution in [1.29, 1.82) is 0 Å². The van der Waals surface area contributed by atoms with Crippen molar-refractivity contribution < 1.29 is 22.3 Å². The first-order valence-corrected chi connectivity index (χ1v) is 16.4. The van der Waals surface area contributed by atoms with E-state index in [-0.39, 0.29) is 30.0 Å². The first-order valence-electron chi connectivity index (χ1n) is 14.4. The number of hydrogen-bond acceptors (Lipinski definition) is 5. The molecule has 2 bridgehead atoms. The van der Waals surface area contributed by atoms with E-state index in [2.05, 4.69) is 10.6 Å². The van der Waals surface area contributed by atoms with E-state index in [1.165, 1.54) is 6.07 Å². The van der Waals surface area contributed by atoms with E-state index in [1.807, 2.05) is 24.3 Å². The van der Waals surface area contributed by atoms with Gasteiger partial charge in [0.05, 0.1) is 5.75 Å². The van der Waals surface area contributed by atoms with Gasteiger partial charge in [-0.2, -0.15) is 4.31 Å². The molecule has 3 heterocycles. The maximum atomic E-state index is 15.1. The molecular formula is C30H39ClFN3O4S. The molecular weight excluding hydrogens is 553 g/mol. The van der Waals surface area contributed by atoms with Crippen LogP contribution in [0.15, 0.2) is 42.5 Å². The Kier molecular flexibility index (Phi) is 9.79. The molecule has 40 heavy (non-hydrogen) atoms. The van der Waals surface area contributed by atoms with E-state index in [0.29, 0.717) is 73.7 Å². The third-order valence-electron chi connectivity index (χ3n) is 8.69. The van der Waals surface area contributed by atoms with E-state index in [1.54, 1.807) is 16.4 Å². The number of sulfonamides is 1. The van der Waals surface area contributed by atoms with Gasteiger partial charge in [-0.05, 0) is 92.7 Å². The number of ether oxygens (including phenoxy) is 1.